The van der Waals surface area contributed by atoms with E-state index >= 15 is 0 Å². The number of aromatic nitrogens is 1. The predicted octanol–water partition coefficient (Wildman–Crippen LogP) is 2.23. The van der Waals surface area contributed by atoms with E-state index in [9.17, 15) is 0 Å². The maximum absolute atomic E-state index is 5.06. The highest BCUT2D eigenvalue weighted by atomic mass is 79.9. The molecule has 1 rings (SSSR count). The number of hydrogen-bond donors (Lipinski definition) is 0. The molecule has 0 aromatic carbocycles. The van der Waals surface area contributed by atoms with Crippen molar-refractivity contribution in [3.05, 3.63) is 24.5 Å². The smallest absolute Gasteiger partial charge is 0.143 e. The summed E-state index contributed by atoms with van der Waals surface area (Å²) in [6.45, 7) is 0. The Labute approximate surface area is 74.2 Å². The molecule has 0 radical (unpaired) electrons. The lowest BCUT2D eigenvalue weighted by molar-refractivity contribution is 0.396. The van der Waals surface area contributed by atoms with Crippen LogP contribution >= 0.6 is 28.3 Å². The second-order valence-corrected chi connectivity index (χ2v) is 1.90. The van der Waals surface area contributed by atoms with Gasteiger partial charge in [-0.2, -0.15) is 0 Å². The van der Waals surface area contributed by atoms with Crippen LogP contribution in [0, 0.1) is 0 Å². The number of ether oxygens (including phenoxy) is 1. The minimum atomic E-state index is 0. The van der Waals surface area contributed by atoms with Crippen molar-refractivity contribution in [1.29, 1.82) is 0 Å². The summed E-state index contributed by atoms with van der Waals surface area (Å²) in [5, 5.41) is 0. The monoisotopic (exact) mass is 223 g/mol. The SMILES string of the molecule is BrCOc1cccnc1.Cl. The number of hydrogen-bond acceptors (Lipinski definition) is 2. The van der Waals surface area contributed by atoms with Crippen molar-refractivity contribution in [2.45, 2.75) is 0 Å². The van der Waals surface area contributed by atoms with Gasteiger partial charge >= 0.3 is 0 Å². The molecule has 0 spiro atoms. The van der Waals surface area contributed by atoms with Gasteiger partial charge in [0.05, 0.1) is 6.20 Å². The van der Waals surface area contributed by atoms with Gasteiger partial charge in [-0.25, -0.2) is 0 Å². The highest BCUT2D eigenvalue weighted by Crippen LogP contribution is 2.06. The van der Waals surface area contributed by atoms with Crippen molar-refractivity contribution < 1.29 is 4.74 Å². The average Bonchev–Trinajstić information content (AvgIpc) is 1.91. The van der Waals surface area contributed by atoms with Crippen LogP contribution < -0.4 is 4.74 Å². The van der Waals surface area contributed by atoms with E-state index in [1.165, 1.54) is 0 Å². The van der Waals surface area contributed by atoms with Crippen molar-refractivity contribution in [3.63, 3.8) is 0 Å². The molecular formula is C6H7BrClNO. The molecule has 0 atom stereocenters. The standard InChI is InChI=1S/C6H6BrNO.ClH/c7-5-9-6-2-1-3-8-4-6;/h1-4H,5H2;1H. The van der Waals surface area contributed by atoms with Crippen LogP contribution in [-0.4, -0.2) is 10.5 Å². The second-order valence-electron chi connectivity index (χ2n) is 1.44. The van der Waals surface area contributed by atoms with E-state index in [1.54, 1.807) is 12.4 Å². The number of nitrogens with zero attached hydrogens (tertiary/aromatic N) is 1. The Bertz CT molecular complexity index is 171. The van der Waals surface area contributed by atoms with Crippen LogP contribution in [0.2, 0.25) is 0 Å². The molecule has 1 aromatic heterocycles. The highest BCUT2D eigenvalue weighted by molar-refractivity contribution is 9.09. The quantitative estimate of drug-likeness (QED) is 0.719. The molecule has 0 N–H and O–H groups in total. The molecule has 0 aliphatic rings. The summed E-state index contributed by atoms with van der Waals surface area (Å²) in [5.74, 6) is 0.786. The Kier molecular flexibility index (Phi) is 5.35. The summed E-state index contributed by atoms with van der Waals surface area (Å²) in [6, 6.07) is 3.69. The fourth-order valence-corrected chi connectivity index (χ4v) is 0.760. The molecule has 56 valence electrons. The first kappa shape index (κ1) is 9.72. The number of halogens is 2. The van der Waals surface area contributed by atoms with Crippen LogP contribution in [0.3, 0.4) is 0 Å². The topological polar surface area (TPSA) is 22.1 Å². The average molecular weight is 224 g/mol. The van der Waals surface area contributed by atoms with Crippen molar-refractivity contribution in [2.75, 3.05) is 5.52 Å². The van der Waals surface area contributed by atoms with E-state index in [2.05, 4.69) is 20.9 Å². The van der Waals surface area contributed by atoms with Crippen LogP contribution in [0.4, 0.5) is 0 Å². The summed E-state index contributed by atoms with van der Waals surface area (Å²) < 4.78 is 5.06. The molecule has 0 unspecified atom stereocenters. The van der Waals surface area contributed by atoms with E-state index in [0.29, 0.717) is 5.52 Å². The van der Waals surface area contributed by atoms with Crippen LogP contribution in [-0.2, 0) is 0 Å². The van der Waals surface area contributed by atoms with Crippen LogP contribution in [0.25, 0.3) is 0 Å². The van der Waals surface area contributed by atoms with Gasteiger partial charge in [-0.15, -0.1) is 12.4 Å². The van der Waals surface area contributed by atoms with Gasteiger partial charge in [0.25, 0.3) is 0 Å². The van der Waals surface area contributed by atoms with E-state index in [4.69, 9.17) is 4.74 Å². The fraction of sp³-hybridized carbons (Fsp3) is 0.167. The lowest BCUT2D eigenvalue weighted by Crippen LogP contribution is -1.87. The first-order valence-electron chi connectivity index (χ1n) is 2.52. The molecule has 1 heterocycles. The molecule has 0 aliphatic carbocycles. The van der Waals surface area contributed by atoms with Crippen molar-refractivity contribution in [3.8, 4) is 5.75 Å². The third kappa shape index (κ3) is 3.03. The zero-order chi connectivity index (χ0) is 6.53. The van der Waals surface area contributed by atoms with E-state index in [-0.39, 0.29) is 12.4 Å². The molecule has 1 aromatic rings. The first-order valence-corrected chi connectivity index (χ1v) is 3.64. The van der Waals surface area contributed by atoms with Gasteiger partial charge in [0.15, 0.2) is 0 Å². The first-order chi connectivity index (χ1) is 4.43. The Balaban J connectivity index is 0.000000810. The van der Waals surface area contributed by atoms with E-state index in [0.717, 1.165) is 5.75 Å². The summed E-state index contributed by atoms with van der Waals surface area (Å²) >= 11 is 3.14. The Morgan fingerprint density at radius 3 is 2.90 bits per heavy atom. The zero-order valence-corrected chi connectivity index (χ0v) is 7.56. The second kappa shape index (κ2) is 5.50. The minimum absolute atomic E-state index is 0. The predicted molar refractivity (Wildman–Crippen MR) is 45.9 cm³/mol. The molecular weight excluding hydrogens is 217 g/mol. The molecule has 0 saturated heterocycles. The number of rotatable bonds is 2. The maximum Gasteiger partial charge on any atom is 0.143 e. The van der Waals surface area contributed by atoms with Gasteiger partial charge in [0, 0.05) is 6.20 Å². The third-order valence-electron chi connectivity index (χ3n) is 0.856. The summed E-state index contributed by atoms with van der Waals surface area (Å²) in [5.41, 5.74) is 0.513. The zero-order valence-electron chi connectivity index (χ0n) is 5.16. The molecule has 0 saturated carbocycles. The molecule has 2 nitrogen and oxygen atoms in total. The molecule has 10 heavy (non-hydrogen) atoms. The van der Waals surface area contributed by atoms with Crippen molar-refractivity contribution >= 4 is 28.3 Å². The van der Waals surface area contributed by atoms with Gasteiger partial charge in [0.2, 0.25) is 0 Å². The van der Waals surface area contributed by atoms with Crippen LogP contribution in [0.1, 0.15) is 0 Å². The van der Waals surface area contributed by atoms with Crippen molar-refractivity contribution in [2.24, 2.45) is 0 Å². The van der Waals surface area contributed by atoms with Gasteiger partial charge in [-0.05, 0) is 28.1 Å². The highest BCUT2D eigenvalue weighted by Gasteiger charge is 1.85. The Hall–Kier alpha value is -0.280. The van der Waals surface area contributed by atoms with Gasteiger partial charge in [-0.1, -0.05) is 0 Å². The fourth-order valence-electron chi connectivity index (χ4n) is 0.495. The van der Waals surface area contributed by atoms with Gasteiger partial charge in [-0.3, -0.25) is 4.98 Å². The number of pyridine rings is 1. The summed E-state index contributed by atoms with van der Waals surface area (Å²) in [6.07, 6.45) is 3.38. The van der Waals surface area contributed by atoms with Crippen LogP contribution in [0.5, 0.6) is 5.75 Å². The van der Waals surface area contributed by atoms with E-state index in [1.807, 2.05) is 12.1 Å². The van der Waals surface area contributed by atoms with Crippen molar-refractivity contribution in [1.82, 2.24) is 4.98 Å². The van der Waals surface area contributed by atoms with Gasteiger partial charge < -0.3 is 4.74 Å². The van der Waals surface area contributed by atoms with Crippen LogP contribution in [0.15, 0.2) is 24.5 Å². The summed E-state index contributed by atoms with van der Waals surface area (Å²) in [4.78, 5) is 3.86. The van der Waals surface area contributed by atoms with Gasteiger partial charge in [0.1, 0.15) is 11.3 Å². The Morgan fingerprint density at radius 2 is 2.40 bits per heavy atom. The summed E-state index contributed by atoms with van der Waals surface area (Å²) in [7, 11) is 0. The maximum atomic E-state index is 5.06. The molecule has 0 bridgehead atoms. The largest absolute Gasteiger partial charge is 0.481 e. The lowest BCUT2D eigenvalue weighted by atomic mass is 10.5. The molecule has 4 heteroatoms. The third-order valence-corrected chi connectivity index (χ3v) is 1.08. The van der Waals surface area contributed by atoms with E-state index < -0.39 is 0 Å². The Morgan fingerprint density at radius 1 is 1.60 bits per heavy atom. The minimum Gasteiger partial charge on any atom is -0.481 e. The lowest BCUT2D eigenvalue weighted by Gasteiger charge is -1.97. The molecule has 0 fully saturated rings. The molecule has 0 aliphatic heterocycles. The molecule has 0 amide bonds. The number of alkyl halides is 1. The normalized spacial score (nSPS) is 8.10.